The molecule has 0 saturated heterocycles. The van der Waals surface area contributed by atoms with Crippen molar-refractivity contribution in [1.29, 1.82) is 0 Å². The minimum absolute atomic E-state index is 0.126. The number of halogens is 2. The first-order valence-electron chi connectivity index (χ1n) is 8.57. The first-order chi connectivity index (χ1) is 12.6. The molecule has 0 bridgehead atoms. The van der Waals surface area contributed by atoms with E-state index in [0.717, 1.165) is 5.56 Å². The maximum atomic E-state index is 15.8. The van der Waals surface area contributed by atoms with Crippen molar-refractivity contribution in [1.82, 2.24) is 0 Å². The van der Waals surface area contributed by atoms with Crippen LogP contribution in [0.4, 0.5) is 4.39 Å². The molecule has 2 aromatic rings. The molecule has 3 atom stereocenters. The van der Waals surface area contributed by atoms with Gasteiger partial charge >= 0.3 is 5.97 Å². The molecule has 26 heavy (non-hydrogen) atoms. The van der Waals surface area contributed by atoms with E-state index in [4.69, 9.17) is 25.8 Å². The van der Waals surface area contributed by atoms with Crippen LogP contribution in [0.1, 0.15) is 29.9 Å². The van der Waals surface area contributed by atoms with Crippen LogP contribution in [0, 0.1) is 0 Å². The predicted octanol–water partition coefficient (Wildman–Crippen LogP) is 4.26. The molecule has 6 heteroatoms. The summed E-state index contributed by atoms with van der Waals surface area (Å²) in [6.07, 6.45) is 0. The van der Waals surface area contributed by atoms with Crippen LogP contribution in [0.15, 0.2) is 42.5 Å². The number of fused-ring (bicyclic) bond motifs is 1. The summed E-state index contributed by atoms with van der Waals surface area (Å²) in [6.45, 7) is 2.61. The van der Waals surface area contributed by atoms with Gasteiger partial charge in [-0.3, -0.25) is 0 Å². The number of ether oxygens (including phenoxy) is 3. The molecule has 1 fully saturated rings. The second kappa shape index (κ2) is 6.47. The number of alkyl halides is 1. The second-order valence-electron chi connectivity index (χ2n) is 6.38. The summed E-state index contributed by atoms with van der Waals surface area (Å²) in [4.78, 5) is 12.4. The standard InChI is InChI=1S/C20H18ClFO4/c1-2-24-19(23)20(22)16(12-6-4-3-5-7-12)17(20)13-10-14(21)18-15(11-13)25-8-9-26-18/h3-7,10-11,16-17H,2,8-9H2,1H3/t16-,17-,20?/m1/s1. The normalized spacial score (nSPS) is 26.3. The zero-order chi connectivity index (χ0) is 18.3. The van der Waals surface area contributed by atoms with E-state index >= 15 is 4.39 Å². The summed E-state index contributed by atoms with van der Waals surface area (Å²) in [7, 11) is 0. The lowest BCUT2D eigenvalue weighted by molar-refractivity contribution is -0.151. The third kappa shape index (κ3) is 2.62. The highest BCUT2D eigenvalue weighted by molar-refractivity contribution is 6.32. The highest BCUT2D eigenvalue weighted by atomic mass is 35.5. The van der Waals surface area contributed by atoms with Gasteiger partial charge < -0.3 is 14.2 Å². The molecule has 1 unspecified atom stereocenters. The lowest BCUT2D eigenvalue weighted by Gasteiger charge is -2.20. The fourth-order valence-electron chi connectivity index (χ4n) is 3.69. The quantitative estimate of drug-likeness (QED) is 0.748. The first kappa shape index (κ1) is 17.2. The molecule has 0 radical (unpaired) electrons. The highest BCUT2D eigenvalue weighted by Crippen LogP contribution is 2.67. The van der Waals surface area contributed by atoms with Crippen molar-refractivity contribution in [3.63, 3.8) is 0 Å². The molecule has 2 aliphatic rings. The van der Waals surface area contributed by atoms with Gasteiger partial charge in [0.25, 0.3) is 0 Å². The van der Waals surface area contributed by atoms with Gasteiger partial charge in [-0.1, -0.05) is 41.9 Å². The fraction of sp³-hybridized carbons (Fsp3) is 0.350. The van der Waals surface area contributed by atoms with Gasteiger partial charge in [-0.2, -0.15) is 0 Å². The summed E-state index contributed by atoms with van der Waals surface area (Å²) in [5.74, 6) is -1.22. The average molecular weight is 377 g/mol. The topological polar surface area (TPSA) is 44.8 Å². The summed E-state index contributed by atoms with van der Waals surface area (Å²) < 4.78 is 31.9. The monoisotopic (exact) mass is 376 g/mol. The molecular formula is C20H18ClFO4. The summed E-state index contributed by atoms with van der Waals surface area (Å²) in [6, 6.07) is 12.5. The smallest absolute Gasteiger partial charge is 0.345 e. The van der Waals surface area contributed by atoms with Gasteiger partial charge in [0.05, 0.1) is 11.6 Å². The Morgan fingerprint density at radius 2 is 1.88 bits per heavy atom. The Bertz CT molecular complexity index is 841. The van der Waals surface area contributed by atoms with E-state index in [1.54, 1.807) is 19.1 Å². The van der Waals surface area contributed by atoms with Crippen LogP contribution in [0.5, 0.6) is 11.5 Å². The van der Waals surface area contributed by atoms with Crippen molar-refractivity contribution in [3.8, 4) is 11.5 Å². The Hall–Kier alpha value is -2.27. The van der Waals surface area contributed by atoms with E-state index in [1.165, 1.54) is 0 Å². The molecular weight excluding hydrogens is 359 g/mol. The van der Waals surface area contributed by atoms with Gasteiger partial charge in [0.1, 0.15) is 13.2 Å². The largest absolute Gasteiger partial charge is 0.486 e. The number of carbonyl (C=O) groups is 1. The van der Waals surface area contributed by atoms with Crippen molar-refractivity contribution in [2.24, 2.45) is 0 Å². The maximum absolute atomic E-state index is 15.8. The minimum atomic E-state index is -2.12. The lowest BCUT2D eigenvalue weighted by atomic mass is 10.0. The van der Waals surface area contributed by atoms with Crippen molar-refractivity contribution < 1.29 is 23.4 Å². The van der Waals surface area contributed by atoms with Gasteiger partial charge in [-0.15, -0.1) is 0 Å². The summed E-state index contributed by atoms with van der Waals surface area (Å²) >= 11 is 6.30. The van der Waals surface area contributed by atoms with E-state index in [1.807, 2.05) is 30.3 Å². The van der Waals surface area contributed by atoms with Crippen LogP contribution in [0.3, 0.4) is 0 Å². The predicted molar refractivity (Wildman–Crippen MR) is 94.8 cm³/mol. The second-order valence-corrected chi connectivity index (χ2v) is 6.79. The van der Waals surface area contributed by atoms with Crippen LogP contribution < -0.4 is 9.47 Å². The van der Waals surface area contributed by atoms with E-state index in [0.29, 0.717) is 35.3 Å². The summed E-state index contributed by atoms with van der Waals surface area (Å²) in [5, 5.41) is 0.349. The van der Waals surface area contributed by atoms with Crippen LogP contribution >= 0.6 is 11.6 Å². The van der Waals surface area contributed by atoms with Crippen molar-refractivity contribution >= 4 is 17.6 Å². The molecule has 0 N–H and O–H groups in total. The van der Waals surface area contributed by atoms with Gasteiger partial charge in [0, 0.05) is 11.8 Å². The highest BCUT2D eigenvalue weighted by Gasteiger charge is 2.73. The lowest BCUT2D eigenvalue weighted by Crippen LogP contribution is -2.24. The minimum Gasteiger partial charge on any atom is -0.486 e. The van der Waals surface area contributed by atoms with Crippen LogP contribution in [0.25, 0.3) is 0 Å². The van der Waals surface area contributed by atoms with Crippen LogP contribution in [-0.4, -0.2) is 31.5 Å². The number of carbonyl (C=O) groups excluding carboxylic acids is 1. The van der Waals surface area contributed by atoms with E-state index in [9.17, 15) is 4.79 Å². The van der Waals surface area contributed by atoms with Gasteiger partial charge in [0.15, 0.2) is 11.5 Å². The molecule has 0 aromatic heterocycles. The SMILES string of the molecule is CCOC(=O)C1(F)[C@H](c2ccccc2)[C@H]1c1cc(Cl)c2c(c1)OCCO2. The number of hydrogen-bond donors (Lipinski definition) is 0. The molecule has 1 aliphatic carbocycles. The molecule has 4 nitrogen and oxygen atoms in total. The van der Waals surface area contributed by atoms with Crippen LogP contribution in [-0.2, 0) is 9.53 Å². The zero-order valence-electron chi connectivity index (χ0n) is 14.2. The Kier molecular flexibility index (Phi) is 4.27. The Labute approximate surface area is 155 Å². The van der Waals surface area contributed by atoms with Gasteiger partial charge in [0.2, 0.25) is 5.67 Å². The Morgan fingerprint density at radius 3 is 2.62 bits per heavy atom. The van der Waals surface area contributed by atoms with Gasteiger partial charge in [-0.25, -0.2) is 9.18 Å². The first-order valence-corrected chi connectivity index (χ1v) is 8.95. The molecule has 0 amide bonds. The third-order valence-corrected chi connectivity index (χ3v) is 5.14. The third-order valence-electron chi connectivity index (χ3n) is 4.85. The molecule has 0 spiro atoms. The molecule has 2 aromatic carbocycles. The van der Waals surface area contributed by atoms with Crippen LogP contribution in [0.2, 0.25) is 5.02 Å². The molecule has 1 saturated carbocycles. The zero-order valence-corrected chi connectivity index (χ0v) is 15.0. The Balaban J connectivity index is 1.76. The average Bonchev–Trinajstić information content (AvgIpc) is 3.30. The molecule has 1 aliphatic heterocycles. The van der Waals surface area contributed by atoms with Crippen molar-refractivity contribution in [2.45, 2.75) is 24.4 Å². The van der Waals surface area contributed by atoms with Crippen molar-refractivity contribution in [2.75, 3.05) is 19.8 Å². The Morgan fingerprint density at radius 1 is 1.19 bits per heavy atom. The van der Waals surface area contributed by atoms with E-state index in [2.05, 4.69) is 0 Å². The summed E-state index contributed by atoms with van der Waals surface area (Å²) in [5.41, 5.74) is -0.771. The maximum Gasteiger partial charge on any atom is 0.345 e. The molecule has 136 valence electrons. The number of hydrogen-bond acceptors (Lipinski definition) is 4. The van der Waals surface area contributed by atoms with E-state index in [-0.39, 0.29) is 6.61 Å². The molecule has 1 heterocycles. The number of rotatable bonds is 4. The number of esters is 1. The van der Waals surface area contributed by atoms with Crippen molar-refractivity contribution in [3.05, 3.63) is 58.6 Å². The fourth-order valence-corrected chi connectivity index (χ4v) is 3.97. The number of benzene rings is 2. The van der Waals surface area contributed by atoms with Gasteiger partial charge in [-0.05, 0) is 30.2 Å². The molecule has 4 rings (SSSR count). The van der Waals surface area contributed by atoms with E-state index < -0.39 is 23.5 Å².